The smallest absolute Gasteiger partial charge is 0.191 e. The maximum absolute atomic E-state index is 5.32. The lowest BCUT2D eigenvalue weighted by molar-refractivity contribution is 0.245. The SMILES string of the molecule is CN=C(NCCc1cccc(OC)c1)NCC(c1ccc(OC)cc1)N1CCCC1.I. The Hall–Kier alpha value is -2.00. The van der Waals surface area contributed by atoms with Gasteiger partial charge in [0.25, 0.3) is 0 Å². The zero-order valence-electron chi connectivity index (χ0n) is 18.8. The minimum Gasteiger partial charge on any atom is -0.497 e. The van der Waals surface area contributed by atoms with Crippen LogP contribution in [0.2, 0.25) is 0 Å². The van der Waals surface area contributed by atoms with Gasteiger partial charge in [0.2, 0.25) is 0 Å². The average Bonchev–Trinajstić information content (AvgIpc) is 3.33. The molecule has 0 bridgehead atoms. The summed E-state index contributed by atoms with van der Waals surface area (Å²) >= 11 is 0. The van der Waals surface area contributed by atoms with Crippen LogP contribution < -0.4 is 20.1 Å². The molecule has 1 heterocycles. The Balaban J connectivity index is 0.00000341. The number of ether oxygens (including phenoxy) is 2. The molecular formula is C24H35IN4O2. The molecule has 1 saturated heterocycles. The number of hydrogen-bond donors (Lipinski definition) is 2. The molecule has 1 atom stereocenters. The van der Waals surface area contributed by atoms with Crippen molar-refractivity contribution in [3.05, 3.63) is 59.7 Å². The Labute approximate surface area is 203 Å². The van der Waals surface area contributed by atoms with Crippen LogP contribution in [0.4, 0.5) is 0 Å². The van der Waals surface area contributed by atoms with Crippen molar-refractivity contribution in [1.29, 1.82) is 0 Å². The number of aliphatic imine (C=N–C) groups is 1. The van der Waals surface area contributed by atoms with E-state index in [4.69, 9.17) is 9.47 Å². The van der Waals surface area contributed by atoms with Gasteiger partial charge in [-0.3, -0.25) is 9.89 Å². The monoisotopic (exact) mass is 538 g/mol. The van der Waals surface area contributed by atoms with Gasteiger partial charge in [-0.25, -0.2) is 0 Å². The van der Waals surface area contributed by atoms with Crippen molar-refractivity contribution in [2.75, 3.05) is 47.4 Å². The van der Waals surface area contributed by atoms with Crippen LogP contribution in [0.25, 0.3) is 0 Å². The zero-order chi connectivity index (χ0) is 21.2. The molecule has 3 rings (SSSR count). The summed E-state index contributed by atoms with van der Waals surface area (Å²) < 4.78 is 10.6. The number of nitrogens with one attached hydrogen (secondary N) is 2. The minimum atomic E-state index is 0. The molecule has 6 nitrogen and oxygen atoms in total. The van der Waals surface area contributed by atoms with E-state index >= 15 is 0 Å². The third-order valence-corrected chi connectivity index (χ3v) is 5.61. The Bertz CT molecular complexity index is 807. The van der Waals surface area contributed by atoms with Crippen molar-refractivity contribution in [2.45, 2.75) is 25.3 Å². The molecule has 1 aliphatic heterocycles. The molecule has 0 aliphatic carbocycles. The molecule has 1 aliphatic rings. The first-order chi connectivity index (χ1) is 14.7. The van der Waals surface area contributed by atoms with Crippen molar-refractivity contribution >= 4 is 29.9 Å². The van der Waals surface area contributed by atoms with E-state index in [2.05, 4.69) is 44.8 Å². The van der Waals surface area contributed by atoms with Gasteiger partial charge in [0.1, 0.15) is 11.5 Å². The van der Waals surface area contributed by atoms with Crippen LogP contribution in [0.1, 0.15) is 30.0 Å². The summed E-state index contributed by atoms with van der Waals surface area (Å²) in [5, 5.41) is 6.95. The summed E-state index contributed by atoms with van der Waals surface area (Å²) in [5.74, 6) is 2.61. The average molecular weight is 538 g/mol. The normalized spacial score (nSPS) is 15.1. The van der Waals surface area contributed by atoms with Gasteiger partial charge in [0, 0.05) is 20.1 Å². The maximum atomic E-state index is 5.32. The fourth-order valence-corrected chi connectivity index (χ4v) is 3.90. The second-order valence-electron chi connectivity index (χ2n) is 7.51. The third-order valence-electron chi connectivity index (χ3n) is 5.61. The number of guanidine groups is 1. The van der Waals surface area contributed by atoms with Crippen LogP contribution in [-0.4, -0.2) is 58.3 Å². The molecule has 0 saturated carbocycles. The van der Waals surface area contributed by atoms with E-state index in [1.807, 2.05) is 31.3 Å². The molecule has 2 aromatic carbocycles. The number of hydrogen-bond acceptors (Lipinski definition) is 4. The van der Waals surface area contributed by atoms with E-state index in [1.165, 1.54) is 24.0 Å². The van der Waals surface area contributed by atoms with Gasteiger partial charge in [0.15, 0.2) is 5.96 Å². The first-order valence-electron chi connectivity index (χ1n) is 10.7. The first kappa shape index (κ1) is 25.3. The van der Waals surface area contributed by atoms with E-state index in [9.17, 15) is 0 Å². The molecular weight excluding hydrogens is 503 g/mol. The topological polar surface area (TPSA) is 58.1 Å². The molecule has 0 amide bonds. The van der Waals surface area contributed by atoms with Gasteiger partial charge in [0.05, 0.1) is 20.3 Å². The third kappa shape index (κ3) is 7.57. The van der Waals surface area contributed by atoms with Crippen LogP contribution in [0.3, 0.4) is 0 Å². The van der Waals surface area contributed by atoms with Crippen molar-refractivity contribution < 1.29 is 9.47 Å². The summed E-state index contributed by atoms with van der Waals surface area (Å²) in [6.45, 7) is 3.90. The lowest BCUT2D eigenvalue weighted by atomic mass is 10.1. The minimum absolute atomic E-state index is 0. The van der Waals surface area contributed by atoms with E-state index in [0.29, 0.717) is 6.04 Å². The van der Waals surface area contributed by atoms with Crippen molar-refractivity contribution in [1.82, 2.24) is 15.5 Å². The van der Waals surface area contributed by atoms with Crippen molar-refractivity contribution in [3.63, 3.8) is 0 Å². The summed E-state index contributed by atoms with van der Waals surface area (Å²) in [6, 6.07) is 16.9. The van der Waals surface area contributed by atoms with E-state index in [1.54, 1.807) is 14.2 Å². The van der Waals surface area contributed by atoms with Crippen LogP contribution >= 0.6 is 24.0 Å². The lowest BCUT2D eigenvalue weighted by Crippen LogP contribution is -2.43. The van der Waals surface area contributed by atoms with Crippen molar-refractivity contribution in [2.24, 2.45) is 4.99 Å². The van der Waals surface area contributed by atoms with Crippen LogP contribution in [0, 0.1) is 0 Å². The number of nitrogens with zero attached hydrogens (tertiary/aromatic N) is 2. The van der Waals surface area contributed by atoms with Gasteiger partial charge in [-0.1, -0.05) is 24.3 Å². The Kier molecular flexibility index (Phi) is 10.9. The highest BCUT2D eigenvalue weighted by Gasteiger charge is 2.23. The van der Waals surface area contributed by atoms with Gasteiger partial charge in [-0.05, 0) is 67.7 Å². The predicted molar refractivity (Wildman–Crippen MR) is 138 cm³/mol. The molecule has 7 heteroatoms. The highest BCUT2D eigenvalue weighted by atomic mass is 127. The van der Waals surface area contributed by atoms with E-state index in [0.717, 1.165) is 50.1 Å². The van der Waals surface area contributed by atoms with E-state index in [-0.39, 0.29) is 24.0 Å². The van der Waals surface area contributed by atoms with Gasteiger partial charge in [-0.15, -0.1) is 24.0 Å². The molecule has 2 aromatic rings. The van der Waals surface area contributed by atoms with E-state index < -0.39 is 0 Å². The molecule has 1 unspecified atom stereocenters. The molecule has 0 radical (unpaired) electrons. The molecule has 2 N–H and O–H groups in total. The fraction of sp³-hybridized carbons (Fsp3) is 0.458. The highest BCUT2D eigenvalue weighted by molar-refractivity contribution is 14.0. The first-order valence-corrected chi connectivity index (χ1v) is 10.7. The number of methoxy groups -OCH3 is 2. The summed E-state index contributed by atoms with van der Waals surface area (Å²) in [6.07, 6.45) is 3.44. The van der Waals surface area contributed by atoms with Crippen LogP contribution in [0.15, 0.2) is 53.5 Å². The number of likely N-dealkylation sites (tertiary alicyclic amines) is 1. The second kappa shape index (κ2) is 13.4. The summed E-state index contributed by atoms with van der Waals surface area (Å²) in [5.41, 5.74) is 2.54. The van der Waals surface area contributed by atoms with Gasteiger partial charge >= 0.3 is 0 Å². The maximum Gasteiger partial charge on any atom is 0.191 e. The highest BCUT2D eigenvalue weighted by Crippen LogP contribution is 2.26. The Morgan fingerprint density at radius 1 is 1.00 bits per heavy atom. The lowest BCUT2D eigenvalue weighted by Gasteiger charge is -2.29. The Morgan fingerprint density at radius 2 is 1.71 bits per heavy atom. The molecule has 0 spiro atoms. The fourth-order valence-electron chi connectivity index (χ4n) is 3.90. The zero-order valence-corrected chi connectivity index (χ0v) is 21.1. The van der Waals surface area contributed by atoms with Crippen molar-refractivity contribution in [3.8, 4) is 11.5 Å². The number of benzene rings is 2. The number of halogens is 1. The molecule has 0 aromatic heterocycles. The largest absolute Gasteiger partial charge is 0.497 e. The molecule has 1 fully saturated rings. The standard InChI is InChI=1S/C24H34N4O2.HI/c1-25-24(26-14-13-19-7-6-8-22(17-19)30-3)27-18-23(28-15-4-5-16-28)20-9-11-21(29-2)12-10-20;/h6-12,17,23H,4-5,13-16,18H2,1-3H3,(H2,25,26,27);1H. The van der Waals surface area contributed by atoms with Gasteiger partial charge < -0.3 is 20.1 Å². The molecule has 170 valence electrons. The van der Waals surface area contributed by atoms with Crippen LogP contribution in [0.5, 0.6) is 11.5 Å². The number of rotatable bonds is 9. The quantitative estimate of drug-likeness (QED) is 0.289. The second-order valence-corrected chi connectivity index (χ2v) is 7.51. The van der Waals surface area contributed by atoms with Crippen LogP contribution in [-0.2, 0) is 6.42 Å². The Morgan fingerprint density at radius 3 is 2.35 bits per heavy atom. The summed E-state index contributed by atoms with van der Waals surface area (Å²) in [7, 11) is 5.22. The summed E-state index contributed by atoms with van der Waals surface area (Å²) in [4.78, 5) is 6.96. The predicted octanol–water partition coefficient (Wildman–Crippen LogP) is 3.87. The molecule has 31 heavy (non-hydrogen) atoms. The van der Waals surface area contributed by atoms with Gasteiger partial charge in [-0.2, -0.15) is 0 Å².